The molecule has 1 heterocycles. The van der Waals surface area contributed by atoms with E-state index in [1.807, 2.05) is 23.1 Å². The Balaban J connectivity index is 2.13. The van der Waals surface area contributed by atoms with Gasteiger partial charge in [-0.2, -0.15) is 0 Å². The maximum atomic E-state index is 12.1. The normalized spacial score (nSPS) is 12.2. The number of pyridine rings is 1. The van der Waals surface area contributed by atoms with Crippen molar-refractivity contribution in [2.24, 2.45) is 0 Å². The molecular formula is C30H47N5O10. The summed E-state index contributed by atoms with van der Waals surface area (Å²) in [5.74, 6) is -4.90. The molecule has 0 aliphatic carbocycles. The van der Waals surface area contributed by atoms with Gasteiger partial charge in [-0.05, 0) is 57.2 Å². The summed E-state index contributed by atoms with van der Waals surface area (Å²) in [6, 6.07) is 1.83. The first-order valence-corrected chi connectivity index (χ1v) is 15.3. The number of carbonyl (C=O) groups excluding carboxylic acids is 2. The SMILES string of the molecule is O=C(O)CC[C@H](NC(=O)N[C@@H](CCCCNC(=O)CCCCCCCCCN(CC(=O)O)Cc1ccccn1)C(=O)O)C(=O)O. The Morgan fingerprint density at radius 1 is 0.711 bits per heavy atom. The Labute approximate surface area is 262 Å². The van der Waals surface area contributed by atoms with E-state index in [0.717, 1.165) is 50.6 Å². The zero-order valence-electron chi connectivity index (χ0n) is 25.6. The van der Waals surface area contributed by atoms with Crippen molar-refractivity contribution in [3.8, 4) is 0 Å². The number of rotatable bonds is 26. The number of aromatic nitrogens is 1. The molecule has 7 N–H and O–H groups in total. The molecule has 0 bridgehead atoms. The van der Waals surface area contributed by atoms with Gasteiger partial charge in [-0.15, -0.1) is 0 Å². The molecule has 15 heteroatoms. The van der Waals surface area contributed by atoms with E-state index < -0.39 is 48.4 Å². The highest BCUT2D eigenvalue weighted by molar-refractivity contribution is 5.86. The fourth-order valence-corrected chi connectivity index (χ4v) is 4.56. The van der Waals surface area contributed by atoms with E-state index in [2.05, 4.69) is 20.9 Å². The Bertz CT molecular complexity index is 1070. The molecule has 0 radical (unpaired) electrons. The van der Waals surface area contributed by atoms with Crippen molar-refractivity contribution in [1.29, 1.82) is 0 Å². The summed E-state index contributed by atoms with van der Waals surface area (Å²) in [6.07, 6.45) is 8.86. The van der Waals surface area contributed by atoms with Crippen molar-refractivity contribution < 1.29 is 49.2 Å². The predicted molar refractivity (Wildman–Crippen MR) is 162 cm³/mol. The number of carboxylic acid groups (broad SMARTS) is 4. The molecule has 0 aromatic carbocycles. The highest BCUT2D eigenvalue weighted by atomic mass is 16.4. The second kappa shape index (κ2) is 23.2. The minimum atomic E-state index is -1.47. The van der Waals surface area contributed by atoms with Gasteiger partial charge in [-0.25, -0.2) is 14.4 Å². The average Bonchev–Trinajstić information content (AvgIpc) is 2.97. The molecule has 0 aliphatic heterocycles. The van der Waals surface area contributed by atoms with Crippen molar-refractivity contribution >= 4 is 35.8 Å². The number of carboxylic acids is 4. The van der Waals surface area contributed by atoms with Crippen molar-refractivity contribution in [3.05, 3.63) is 30.1 Å². The summed E-state index contributed by atoms with van der Waals surface area (Å²) in [5.41, 5.74) is 0.843. The van der Waals surface area contributed by atoms with Crippen molar-refractivity contribution in [2.45, 2.75) is 102 Å². The molecule has 15 nitrogen and oxygen atoms in total. The van der Waals surface area contributed by atoms with Gasteiger partial charge in [0, 0.05) is 32.1 Å². The molecule has 0 saturated heterocycles. The Morgan fingerprint density at radius 3 is 1.91 bits per heavy atom. The summed E-state index contributed by atoms with van der Waals surface area (Å²) in [7, 11) is 0. The highest BCUT2D eigenvalue weighted by Gasteiger charge is 2.24. The van der Waals surface area contributed by atoms with Gasteiger partial charge in [-0.1, -0.05) is 38.2 Å². The van der Waals surface area contributed by atoms with Crippen LogP contribution < -0.4 is 16.0 Å². The lowest BCUT2D eigenvalue weighted by atomic mass is 10.1. The molecule has 0 spiro atoms. The molecule has 2 atom stereocenters. The van der Waals surface area contributed by atoms with Crippen LogP contribution in [-0.2, 0) is 30.5 Å². The number of nitrogens with zero attached hydrogens (tertiary/aromatic N) is 2. The number of urea groups is 1. The maximum Gasteiger partial charge on any atom is 0.326 e. The van der Waals surface area contributed by atoms with Gasteiger partial charge in [-0.3, -0.25) is 24.3 Å². The summed E-state index contributed by atoms with van der Waals surface area (Å²) in [5, 5.41) is 43.4. The van der Waals surface area contributed by atoms with Crippen LogP contribution in [0.3, 0.4) is 0 Å². The summed E-state index contributed by atoms with van der Waals surface area (Å²) >= 11 is 0. The van der Waals surface area contributed by atoms with Crippen LogP contribution in [0.4, 0.5) is 4.79 Å². The number of hydrogen-bond donors (Lipinski definition) is 7. The zero-order chi connectivity index (χ0) is 33.5. The summed E-state index contributed by atoms with van der Waals surface area (Å²) in [4.78, 5) is 74.8. The number of unbranched alkanes of at least 4 members (excludes halogenated alkanes) is 7. The molecular weight excluding hydrogens is 590 g/mol. The first kappa shape index (κ1) is 38.8. The molecule has 0 aliphatic rings. The van der Waals surface area contributed by atoms with Crippen molar-refractivity contribution in [3.63, 3.8) is 0 Å². The smallest absolute Gasteiger partial charge is 0.326 e. The Hall–Kier alpha value is -4.27. The fraction of sp³-hybridized carbons (Fsp3) is 0.633. The van der Waals surface area contributed by atoms with Crippen LogP contribution in [0.5, 0.6) is 0 Å². The molecule has 45 heavy (non-hydrogen) atoms. The number of hydrogen-bond acceptors (Lipinski definition) is 8. The van der Waals surface area contributed by atoms with Crippen LogP contribution in [0.15, 0.2) is 24.4 Å². The molecule has 1 aromatic heterocycles. The zero-order valence-corrected chi connectivity index (χ0v) is 25.6. The van der Waals surface area contributed by atoms with Gasteiger partial charge >= 0.3 is 29.9 Å². The van der Waals surface area contributed by atoms with Gasteiger partial charge < -0.3 is 36.4 Å². The topological polar surface area (TPSA) is 236 Å². The lowest BCUT2D eigenvalue weighted by molar-refractivity contribution is -0.141. The third-order valence-corrected chi connectivity index (χ3v) is 6.94. The minimum absolute atomic E-state index is 0.0211. The molecule has 1 rings (SSSR count). The van der Waals surface area contributed by atoms with Crippen molar-refractivity contribution in [1.82, 2.24) is 25.8 Å². The number of carbonyl (C=O) groups is 6. The monoisotopic (exact) mass is 637 g/mol. The molecule has 0 saturated carbocycles. The fourth-order valence-electron chi connectivity index (χ4n) is 4.56. The Morgan fingerprint density at radius 2 is 1.33 bits per heavy atom. The van der Waals surface area contributed by atoms with E-state index in [1.54, 1.807) is 6.20 Å². The highest BCUT2D eigenvalue weighted by Crippen LogP contribution is 2.11. The van der Waals surface area contributed by atoms with E-state index in [4.69, 9.17) is 15.3 Å². The second-order valence-electron chi connectivity index (χ2n) is 10.8. The molecule has 3 amide bonds. The first-order valence-electron chi connectivity index (χ1n) is 15.3. The first-order chi connectivity index (χ1) is 21.5. The predicted octanol–water partition coefficient (Wildman–Crippen LogP) is 2.45. The molecule has 252 valence electrons. The van der Waals surface area contributed by atoms with Crippen LogP contribution in [0.25, 0.3) is 0 Å². The quantitative estimate of drug-likeness (QED) is 0.0726. The lowest BCUT2D eigenvalue weighted by Gasteiger charge is -2.19. The van der Waals surface area contributed by atoms with Gasteiger partial charge in [0.1, 0.15) is 12.1 Å². The summed E-state index contributed by atoms with van der Waals surface area (Å²) < 4.78 is 0. The number of nitrogens with one attached hydrogen (secondary N) is 3. The van der Waals surface area contributed by atoms with Gasteiger partial charge in [0.05, 0.1) is 12.2 Å². The molecule has 0 unspecified atom stereocenters. The minimum Gasteiger partial charge on any atom is -0.481 e. The van der Waals surface area contributed by atoms with Crippen molar-refractivity contribution in [2.75, 3.05) is 19.6 Å². The van der Waals surface area contributed by atoms with E-state index in [9.17, 15) is 33.9 Å². The van der Waals surface area contributed by atoms with E-state index in [1.165, 1.54) is 0 Å². The van der Waals surface area contributed by atoms with Crippen LogP contribution >= 0.6 is 0 Å². The van der Waals surface area contributed by atoms with Crippen LogP contribution in [-0.4, -0.2) is 97.8 Å². The van der Waals surface area contributed by atoms with Gasteiger partial charge in [0.25, 0.3) is 0 Å². The third-order valence-electron chi connectivity index (χ3n) is 6.94. The number of aliphatic carboxylic acids is 4. The lowest BCUT2D eigenvalue weighted by Crippen LogP contribution is -2.51. The van der Waals surface area contributed by atoms with Crippen LogP contribution in [0.1, 0.15) is 89.2 Å². The van der Waals surface area contributed by atoms with Crippen LogP contribution in [0.2, 0.25) is 0 Å². The number of amides is 3. The second-order valence-corrected chi connectivity index (χ2v) is 10.8. The third kappa shape index (κ3) is 20.3. The van der Waals surface area contributed by atoms with E-state index >= 15 is 0 Å². The van der Waals surface area contributed by atoms with Gasteiger partial charge in [0.2, 0.25) is 5.91 Å². The Kier molecular flexibility index (Phi) is 19.9. The maximum absolute atomic E-state index is 12.1. The summed E-state index contributed by atoms with van der Waals surface area (Å²) in [6.45, 7) is 1.53. The average molecular weight is 638 g/mol. The van der Waals surface area contributed by atoms with E-state index in [0.29, 0.717) is 38.9 Å². The van der Waals surface area contributed by atoms with E-state index in [-0.39, 0.29) is 25.3 Å². The largest absolute Gasteiger partial charge is 0.481 e. The molecule has 1 aromatic rings. The van der Waals surface area contributed by atoms with Crippen LogP contribution in [0, 0.1) is 0 Å². The van der Waals surface area contributed by atoms with Gasteiger partial charge in [0.15, 0.2) is 0 Å². The molecule has 0 fully saturated rings. The standard InChI is InChI=1S/C30H47N5O10/c36-25(14-6-4-2-1-3-5-11-19-35(21-27(39)40)20-22-12-7-9-17-31-22)32-18-10-8-13-23(28(41)42)33-30(45)34-24(29(43)44)15-16-26(37)38/h7,9,12,17,23-24H,1-6,8,10-11,13-16,18-21H2,(H,32,36)(H,37,38)(H,39,40)(H,41,42)(H,43,44)(H2,33,34,45)/t23-,24-/m0/s1.